The molecule has 0 aromatic carbocycles. The lowest BCUT2D eigenvalue weighted by Gasteiger charge is -2.54. The van der Waals surface area contributed by atoms with E-state index in [2.05, 4.69) is 27.4 Å². The van der Waals surface area contributed by atoms with Gasteiger partial charge in [-0.25, -0.2) is 0 Å². The zero-order chi connectivity index (χ0) is 18.6. The molecule has 0 aromatic rings. The van der Waals surface area contributed by atoms with E-state index in [0.717, 1.165) is 44.9 Å². The van der Waals surface area contributed by atoms with E-state index in [1.54, 1.807) is 0 Å². The molecule has 27 heavy (non-hydrogen) atoms. The van der Waals surface area contributed by atoms with E-state index in [1.165, 1.54) is 25.7 Å². The highest BCUT2D eigenvalue weighted by atomic mass is 127. The van der Waals surface area contributed by atoms with Crippen LogP contribution in [0.15, 0.2) is 4.99 Å². The van der Waals surface area contributed by atoms with Crippen molar-refractivity contribution >= 4 is 35.8 Å². The predicted molar refractivity (Wildman–Crippen MR) is 118 cm³/mol. The van der Waals surface area contributed by atoms with Gasteiger partial charge in [-0.1, -0.05) is 12.8 Å². The maximum atomic E-state index is 11.1. The average molecular weight is 493 g/mol. The van der Waals surface area contributed by atoms with Gasteiger partial charge in [0.2, 0.25) is 5.91 Å². The van der Waals surface area contributed by atoms with Crippen LogP contribution in [0.3, 0.4) is 0 Å². The first-order valence-electron chi connectivity index (χ1n) is 10.2. The van der Waals surface area contributed by atoms with Crippen LogP contribution in [0.5, 0.6) is 0 Å². The fourth-order valence-electron chi connectivity index (χ4n) is 5.07. The van der Waals surface area contributed by atoms with Crippen LogP contribution in [0.25, 0.3) is 0 Å². The number of hydrogen-bond donors (Lipinski definition) is 3. The molecule has 0 aromatic heterocycles. The van der Waals surface area contributed by atoms with Gasteiger partial charge in [0, 0.05) is 44.2 Å². The Morgan fingerprint density at radius 2 is 1.93 bits per heavy atom. The molecule has 4 N–H and O–H groups in total. The van der Waals surface area contributed by atoms with Crippen LogP contribution < -0.4 is 16.4 Å². The third kappa shape index (κ3) is 5.26. The molecule has 3 rings (SSSR count). The van der Waals surface area contributed by atoms with Gasteiger partial charge in [0.15, 0.2) is 5.96 Å². The number of aliphatic imine (C=N–C) groups is 1. The summed E-state index contributed by atoms with van der Waals surface area (Å²) in [4.78, 5) is 17.6. The molecule has 1 heterocycles. The summed E-state index contributed by atoms with van der Waals surface area (Å²) in [5.74, 6) is 0.661. The Morgan fingerprint density at radius 1 is 1.26 bits per heavy atom. The van der Waals surface area contributed by atoms with Gasteiger partial charge in [-0.15, -0.1) is 24.0 Å². The number of carbonyl (C=O) groups is 1. The Morgan fingerprint density at radius 3 is 2.48 bits per heavy atom. The van der Waals surface area contributed by atoms with Gasteiger partial charge < -0.3 is 21.1 Å². The van der Waals surface area contributed by atoms with Crippen LogP contribution in [0, 0.1) is 5.41 Å². The molecule has 3 fully saturated rings. The standard InChI is InChI=1S/C19H35N5O2.HI/c1-3-26-16-12-15(19(16)8-4-5-9-19)23-18(21-2)22-14-6-10-24(11-7-14)13-17(20)25;/h14-16H,3-13H2,1-2H3,(H2,20,25)(H2,21,22,23);1H. The van der Waals surface area contributed by atoms with E-state index in [-0.39, 0.29) is 29.9 Å². The summed E-state index contributed by atoms with van der Waals surface area (Å²) in [7, 11) is 1.84. The molecule has 7 nitrogen and oxygen atoms in total. The number of piperidine rings is 1. The summed E-state index contributed by atoms with van der Waals surface area (Å²) in [5.41, 5.74) is 5.59. The Kier molecular flexibility index (Phi) is 8.61. The van der Waals surface area contributed by atoms with Crippen molar-refractivity contribution in [2.75, 3.05) is 33.3 Å². The van der Waals surface area contributed by atoms with Gasteiger partial charge in [0.25, 0.3) is 0 Å². The molecule has 1 aliphatic heterocycles. The molecule has 2 aliphatic carbocycles. The minimum atomic E-state index is -0.246. The lowest BCUT2D eigenvalue weighted by atomic mass is 9.60. The summed E-state index contributed by atoms with van der Waals surface area (Å²) >= 11 is 0. The van der Waals surface area contributed by atoms with Crippen molar-refractivity contribution < 1.29 is 9.53 Å². The lowest BCUT2D eigenvalue weighted by Crippen LogP contribution is -2.65. The number of likely N-dealkylation sites (tertiary alicyclic amines) is 1. The van der Waals surface area contributed by atoms with Gasteiger partial charge in [0.1, 0.15) is 0 Å². The summed E-state index contributed by atoms with van der Waals surface area (Å²) in [6.45, 7) is 5.06. The van der Waals surface area contributed by atoms with E-state index >= 15 is 0 Å². The largest absolute Gasteiger partial charge is 0.378 e. The van der Waals surface area contributed by atoms with Crippen molar-refractivity contribution in [2.45, 2.75) is 70.1 Å². The van der Waals surface area contributed by atoms with Gasteiger partial charge in [-0.3, -0.25) is 14.7 Å². The monoisotopic (exact) mass is 493 g/mol. The van der Waals surface area contributed by atoms with Crippen molar-refractivity contribution in [3.63, 3.8) is 0 Å². The molecule has 156 valence electrons. The minimum absolute atomic E-state index is 0. The number of primary amides is 1. The number of nitrogens with two attached hydrogens (primary N) is 1. The van der Waals surface area contributed by atoms with E-state index < -0.39 is 0 Å². The van der Waals surface area contributed by atoms with Crippen molar-refractivity contribution in [3.8, 4) is 0 Å². The number of ether oxygens (including phenoxy) is 1. The number of halogens is 1. The van der Waals surface area contributed by atoms with Crippen molar-refractivity contribution in [1.29, 1.82) is 0 Å². The van der Waals surface area contributed by atoms with E-state index in [0.29, 0.717) is 30.1 Å². The average Bonchev–Trinajstić information content (AvgIpc) is 3.14. The number of hydrogen-bond acceptors (Lipinski definition) is 4. The van der Waals surface area contributed by atoms with Crippen LogP contribution in [0.4, 0.5) is 0 Å². The number of rotatable bonds is 6. The summed E-state index contributed by atoms with van der Waals surface area (Å²) in [6.07, 6.45) is 8.64. The number of guanidine groups is 1. The van der Waals surface area contributed by atoms with Gasteiger partial charge in [-0.2, -0.15) is 0 Å². The van der Waals surface area contributed by atoms with Gasteiger partial charge >= 0.3 is 0 Å². The smallest absolute Gasteiger partial charge is 0.231 e. The second-order valence-corrected chi connectivity index (χ2v) is 8.05. The summed E-state index contributed by atoms with van der Waals surface area (Å²) in [6, 6.07) is 0.857. The summed E-state index contributed by atoms with van der Waals surface area (Å²) < 4.78 is 6.01. The molecule has 0 radical (unpaired) electrons. The molecule has 8 heteroatoms. The zero-order valence-electron chi connectivity index (χ0n) is 16.7. The Hall–Kier alpha value is -0.610. The molecular formula is C19H36IN5O2. The first-order chi connectivity index (χ1) is 12.6. The number of nitrogens with one attached hydrogen (secondary N) is 2. The van der Waals surface area contributed by atoms with Crippen molar-refractivity contribution in [1.82, 2.24) is 15.5 Å². The third-order valence-corrected chi connectivity index (χ3v) is 6.53. The SMILES string of the molecule is CCOC1CC(NC(=NC)NC2CCN(CC(N)=O)CC2)C12CCCC2.I. The Labute approximate surface area is 180 Å². The molecular weight excluding hydrogens is 457 g/mol. The van der Waals surface area contributed by atoms with Crippen LogP contribution in [0.1, 0.15) is 51.9 Å². The highest BCUT2D eigenvalue weighted by Crippen LogP contribution is 2.54. The van der Waals surface area contributed by atoms with Crippen LogP contribution in [0.2, 0.25) is 0 Å². The fourth-order valence-corrected chi connectivity index (χ4v) is 5.07. The highest BCUT2D eigenvalue weighted by Gasteiger charge is 2.57. The lowest BCUT2D eigenvalue weighted by molar-refractivity contribution is -0.125. The van der Waals surface area contributed by atoms with E-state index in [9.17, 15) is 4.79 Å². The molecule has 1 saturated heterocycles. The Balaban J connectivity index is 0.00000261. The van der Waals surface area contributed by atoms with Crippen molar-refractivity contribution in [2.24, 2.45) is 16.1 Å². The zero-order valence-corrected chi connectivity index (χ0v) is 19.0. The molecule has 1 amide bonds. The number of nitrogens with zero attached hydrogens (tertiary/aromatic N) is 2. The predicted octanol–water partition coefficient (Wildman–Crippen LogP) is 1.46. The van der Waals surface area contributed by atoms with Gasteiger partial charge in [0.05, 0.1) is 12.6 Å². The third-order valence-electron chi connectivity index (χ3n) is 6.53. The highest BCUT2D eigenvalue weighted by molar-refractivity contribution is 14.0. The van der Waals surface area contributed by atoms with Crippen LogP contribution in [-0.4, -0.2) is 68.2 Å². The topological polar surface area (TPSA) is 92.0 Å². The molecule has 2 atom stereocenters. The van der Waals surface area contributed by atoms with E-state index in [4.69, 9.17) is 10.5 Å². The van der Waals surface area contributed by atoms with E-state index in [1.807, 2.05) is 7.05 Å². The second kappa shape index (κ2) is 10.2. The van der Waals surface area contributed by atoms with Gasteiger partial charge in [-0.05, 0) is 39.0 Å². The molecule has 2 saturated carbocycles. The van der Waals surface area contributed by atoms with Crippen molar-refractivity contribution in [3.05, 3.63) is 0 Å². The minimum Gasteiger partial charge on any atom is -0.378 e. The molecule has 1 spiro atoms. The molecule has 3 aliphatic rings. The summed E-state index contributed by atoms with van der Waals surface area (Å²) in [5, 5.41) is 7.27. The number of amides is 1. The quantitative estimate of drug-likeness (QED) is 0.296. The first kappa shape index (κ1) is 22.7. The first-order valence-corrected chi connectivity index (χ1v) is 10.2. The Bertz CT molecular complexity index is 516. The maximum absolute atomic E-state index is 11.1. The fraction of sp³-hybridized carbons (Fsp3) is 0.895. The molecule has 2 unspecified atom stereocenters. The van der Waals surface area contributed by atoms with Crippen LogP contribution >= 0.6 is 24.0 Å². The maximum Gasteiger partial charge on any atom is 0.231 e. The molecule has 0 bridgehead atoms. The normalized spacial score (nSPS) is 28.4. The number of carbonyl (C=O) groups excluding carboxylic acids is 1. The second-order valence-electron chi connectivity index (χ2n) is 8.05. The van der Waals surface area contributed by atoms with Crippen LogP contribution in [-0.2, 0) is 9.53 Å².